The van der Waals surface area contributed by atoms with E-state index in [1.807, 2.05) is 0 Å². The third kappa shape index (κ3) is 4.86. The molecule has 0 saturated carbocycles. The van der Waals surface area contributed by atoms with Crippen molar-refractivity contribution in [1.82, 2.24) is 0 Å². The molecule has 0 saturated heterocycles. The van der Waals surface area contributed by atoms with E-state index < -0.39 is 20.8 Å². The molecule has 0 radical (unpaired) electrons. The van der Waals surface area contributed by atoms with Gasteiger partial charge in [0.05, 0.1) is 0 Å². The molecule has 0 heterocycles. The average molecular weight is 288 g/mol. The van der Waals surface area contributed by atoms with Gasteiger partial charge in [0.25, 0.3) is 10.1 Å². The number of benzene rings is 1. The highest BCUT2D eigenvalue weighted by molar-refractivity contribution is 7.86. The second-order valence-electron chi connectivity index (χ2n) is 2.41. The Kier molecular flexibility index (Phi) is 5.83. The van der Waals surface area contributed by atoms with Crippen molar-refractivity contribution in [3.05, 3.63) is 24.3 Å². The zero-order valence-electron chi connectivity index (χ0n) is 8.22. The molecular formula is C6H5FO10S. The first kappa shape index (κ1) is 14.7. The van der Waals surface area contributed by atoms with Crippen molar-refractivity contribution in [1.29, 1.82) is 0 Å². The van der Waals surface area contributed by atoms with Gasteiger partial charge in [0.15, 0.2) is 5.75 Å². The number of rotatable bonds is 8. The van der Waals surface area contributed by atoms with Crippen LogP contribution in [0, 0.1) is 0 Å². The normalized spacial score (nSPS) is 11.4. The van der Waals surface area contributed by atoms with Gasteiger partial charge in [0, 0.05) is 30.3 Å². The summed E-state index contributed by atoms with van der Waals surface area (Å²) in [5, 5.41) is 19.8. The topological polar surface area (TPSA) is 119 Å². The zero-order valence-corrected chi connectivity index (χ0v) is 9.03. The molecule has 1 aromatic carbocycles. The molecule has 0 aromatic heterocycles. The Hall–Kier alpha value is -1.38. The van der Waals surface area contributed by atoms with Crippen molar-refractivity contribution in [2.75, 3.05) is 0 Å². The lowest BCUT2D eigenvalue weighted by atomic mass is 10.3. The van der Waals surface area contributed by atoms with Gasteiger partial charge in [-0.05, 0) is 16.7 Å². The summed E-state index contributed by atoms with van der Waals surface area (Å²) >= 11 is 0. The Morgan fingerprint density at radius 2 is 1.61 bits per heavy atom. The van der Waals surface area contributed by atoms with Crippen LogP contribution in [-0.2, 0) is 40.4 Å². The summed E-state index contributed by atoms with van der Waals surface area (Å²) in [6.45, 7) is 0. The minimum absolute atomic E-state index is 0.411. The fourth-order valence-corrected chi connectivity index (χ4v) is 1.43. The van der Waals surface area contributed by atoms with E-state index in [0.29, 0.717) is 0 Å². The van der Waals surface area contributed by atoms with Gasteiger partial charge in [0.2, 0.25) is 0 Å². The summed E-state index contributed by atoms with van der Waals surface area (Å²) < 4.78 is 41.4. The summed E-state index contributed by atoms with van der Waals surface area (Å²) in [4.78, 5) is 3.70. The highest BCUT2D eigenvalue weighted by Crippen LogP contribution is 2.22. The molecule has 0 bridgehead atoms. The van der Waals surface area contributed by atoms with Gasteiger partial charge in [-0.2, -0.15) is 8.42 Å². The largest absolute Gasteiger partial charge is 0.305 e. The van der Waals surface area contributed by atoms with Crippen molar-refractivity contribution in [3.8, 4) is 5.75 Å². The summed E-state index contributed by atoms with van der Waals surface area (Å²) in [6, 6.07) is 4.87. The first-order valence-corrected chi connectivity index (χ1v) is 5.35. The molecule has 0 spiro atoms. The highest BCUT2D eigenvalue weighted by Gasteiger charge is 2.17. The van der Waals surface area contributed by atoms with Crippen molar-refractivity contribution >= 4 is 10.1 Å². The van der Waals surface area contributed by atoms with Gasteiger partial charge in [0.1, 0.15) is 4.90 Å². The third-order valence-electron chi connectivity index (χ3n) is 1.39. The minimum Gasteiger partial charge on any atom is -0.305 e. The van der Waals surface area contributed by atoms with Crippen LogP contribution in [0.2, 0.25) is 0 Å². The van der Waals surface area contributed by atoms with E-state index in [1.165, 1.54) is 12.1 Å². The molecule has 0 atom stereocenters. The molecule has 1 N–H and O–H groups in total. The summed E-state index contributed by atoms with van der Waals surface area (Å²) in [5.41, 5.74) is 0. The van der Waals surface area contributed by atoms with E-state index in [9.17, 15) is 12.9 Å². The Morgan fingerprint density at radius 1 is 1.00 bits per heavy atom. The molecule has 1 rings (SSSR count). The number of para-hydroxylation sites is 1. The van der Waals surface area contributed by atoms with E-state index in [4.69, 9.17) is 4.55 Å². The molecule has 0 aliphatic heterocycles. The predicted octanol–water partition coefficient (Wildman–Crippen LogP) is 0.786. The minimum atomic E-state index is -4.51. The van der Waals surface area contributed by atoms with Crippen LogP contribution in [0.15, 0.2) is 29.2 Å². The molecule has 10 nitrogen and oxygen atoms in total. The lowest BCUT2D eigenvalue weighted by Crippen LogP contribution is -2.06. The predicted molar refractivity (Wildman–Crippen MR) is 44.5 cm³/mol. The lowest BCUT2D eigenvalue weighted by molar-refractivity contribution is -0.797. The number of hydrogen-bond donors (Lipinski definition) is 1. The molecular weight excluding hydrogens is 283 g/mol. The fourth-order valence-electron chi connectivity index (χ4n) is 0.827. The van der Waals surface area contributed by atoms with E-state index >= 15 is 0 Å². The number of halogens is 1. The molecule has 0 fully saturated rings. The van der Waals surface area contributed by atoms with Crippen LogP contribution in [0.25, 0.3) is 0 Å². The Balaban J connectivity index is 2.48. The van der Waals surface area contributed by atoms with Crippen molar-refractivity contribution in [2.45, 2.75) is 4.90 Å². The highest BCUT2D eigenvalue weighted by atomic mass is 32.2. The quantitative estimate of drug-likeness (QED) is 0.318. The van der Waals surface area contributed by atoms with Gasteiger partial charge in [-0.3, -0.25) is 4.55 Å². The third-order valence-corrected chi connectivity index (χ3v) is 2.28. The van der Waals surface area contributed by atoms with Crippen LogP contribution >= 0.6 is 0 Å². The van der Waals surface area contributed by atoms with E-state index in [-0.39, 0.29) is 0 Å². The standard InChI is InChI=1S/C6H5FO10S/c7-12-14-16-17-15-13-11-5-3-1-2-4-6(5)18(8,9)10/h1-4H,(H,8,9,10). The average Bonchev–Trinajstić information content (AvgIpc) is 2.33. The maximum absolute atomic E-state index is 10.9. The first-order chi connectivity index (χ1) is 8.55. The van der Waals surface area contributed by atoms with E-state index in [2.05, 4.69) is 35.2 Å². The van der Waals surface area contributed by atoms with Crippen LogP contribution in [0.3, 0.4) is 0 Å². The van der Waals surface area contributed by atoms with Crippen LogP contribution < -0.4 is 4.89 Å². The molecule has 0 aliphatic rings. The summed E-state index contributed by atoms with van der Waals surface area (Å²) in [5.74, 6) is -0.411. The molecule has 12 heteroatoms. The lowest BCUT2D eigenvalue weighted by Gasteiger charge is -2.04. The van der Waals surface area contributed by atoms with Crippen LogP contribution in [0.5, 0.6) is 5.75 Å². The van der Waals surface area contributed by atoms with Gasteiger partial charge in [-0.15, -0.1) is 0 Å². The molecule has 0 amide bonds. The molecule has 0 aliphatic carbocycles. The summed E-state index contributed by atoms with van der Waals surface area (Å²) in [6.07, 6.45) is 0. The number of hydrogen-bond acceptors (Lipinski definition) is 9. The molecule has 0 unspecified atom stereocenters. The van der Waals surface area contributed by atoms with Crippen LogP contribution in [0.4, 0.5) is 4.53 Å². The second-order valence-corrected chi connectivity index (χ2v) is 3.80. The van der Waals surface area contributed by atoms with Crippen molar-refractivity contribution in [3.63, 3.8) is 0 Å². The van der Waals surface area contributed by atoms with Crippen molar-refractivity contribution < 1.29 is 52.7 Å². The monoisotopic (exact) mass is 288 g/mol. The van der Waals surface area contributed by atoms with Gasteiger partial charge >= 0.3 is 0 Å². The van der Waals surface area contributed by atoms with Gasteiger partial charge < -0.3 is 4.89 Å². The van der Waals surface area contributed by atoms with E-state index in [1.54, 1.807) is 0 Å². The fraction of sp³-hybridized carbons (Fsp3) is 0. The Morgan fingerprint density at radius 3 is 2.28 bits per heavy atom. The van der Waals surface area contributed by atoms with Gasteiger partial charge in [-0.1, -0.05) is 12.1 Å². The smallest absolute Gasteiger partial charge is 0.298 e. The Bertz CT molecular complexity index is 461. The SMILES string of the molecule is O=S(=O)(O)c1ccccc1OOOOOOOF. The van der Waals surface area contributed by atoms with Crippen LogP contribution in [-0.4, -0.2) is 13.0 Å². The molecule has 102 valence electrons. The molecule has 1 aromatic rings. The second kappa shape index (κ2) is 7.14. The maximum atomic E-state index is 10.9. The Labute approximate surface area is 98.5 Å². The maximum Gasteiger partial charge on any atom is 0.298 e. The zero-order chi connectivity index (χ0) is 13.4. The van der Waals surface area contributed by atoms with Crippen molar-refractivity contribution in [2.24, 2.45) is 0 Å². The molecule has 18 heavy (non-hydrogen) atoms. The first-order valence-electron chi connectivity index (χ1n) is 3.91. The van der Waals surface area contributed by atoms with Gasteiger partial charge in [-0.25, -0.2) is 0 Å². The van der Waals surface area contributed by atoms with E-state index in [0.717, 1.165) is 12.1 Å². The van der Waals surface area contributed by atoms with Crippen LogP contribution in [0.1, 0.15) is 0 Å². The summed E-state index contributed by atoms with van der Waals surface area (Å²) in [7, 11) is -4.51.